The molecule has 0 amide bonds. The molecule has 2 heterocycles. The average molecular weight is 285 g/mol. The highest BCUT2D eigenvalue weighted by Gasteiger charge is 2.13. The second kappa shape index (κ2) is 6.21. The van der Waals surface area contributed by atoms with Crippen molar-refractivity contribution in [2.24, 2.45) is 0 Å². The Hall–Kier alpha value is -0.610. The molecule has 1 aromatic heterocycles. The molecule has 3 nitrogen and oxygen atoms in total. The fraction of sp³-hybridized carbons (Fsp3) is 0.583. The van der Waals surface area contributed by atoms with Gasteiger partial charge in [-0.05, 0) is 47.7 Å². The van der Waals surface area contributed by atoms with E-state index in [9.17, 15) is 0 Å². The highest BCUT2D eigenvalue weighted by Crippen LogP contribution is 2.21. The van der Waals surface area contributed by atoms with Gasteiger partial charge in [-0.25, -0.2) is 0 Å². The van der Waals surface area contributed by atoms with E-state index < -0.39 is 0 Å². The van der Waals surface area contributed by atoms with Crippen LogP contribution in [0.25, 0.3) is 0 Å². The summed E-state index contributed by atoms with van der Waals surface area (Å²) in [6, 6.07) is 1.98. The summed E-state index contributed by atoms with van der Waals surface area (Å²) in [6.07, 6.45) is 8.86. The van der Waals surface area contributed by atoms with Crippen LogP contribution < -0.4 is 5.32 Å². The Bertz CT molecular complexity index is 327. The van der Waals surface area contributed by atoms with Crippen LogP contribution in [0, 0.1) is 0 Å². The predicted octanol–water partition coefficient (Wildman–Crippen LogP) is 3.22. The van der Waals surface area contributed by atoms with Gasteiger partial charge in [0.1, 0.15) is 0 Å². The summed E-state index contributed by atoms with van der Waals surface area (Å²) in [7, 11) is 0. The van der Waals surface area contributed by atoms with Gasteiger partial charge >= 0.3 is 0 Å². The van der Waals surface area contributed by atoms with E-state index in [1.807, 2.05) is 6.07 Å². The lowest BCUT2D eigenvalue weighted by Gasteiger charge is -2.22. The van der Waals surface area contributed by atoms with Crippen molar-refractivity contribution in [3.8, 4) is 0 Å². The number of rotatable bonds is 4. The van der Waals surface area contributed by atoms with Crippen molar-refractivity contribution in [1.82, 2.24) is 4.98 Å². The minimum atomic E-state index is 0.446. The van der Waals surface area contributed by atoms with Crippen LogP contribution in [0.4, 0.5) is 5.69 Å². The Morgan fingerprint density at radius 3 is 3.19 bits per heavy atom. The number of nitrogens with one attached hydrogen (secondary N) is 1. The first-order valence-corrected chi connectivity index (χ1v) is 6.60. The molecule has 0 radical (unpaired) electrons. The van der Waals surface area contributed by atoms with Crippen LogP contribution in [-0.2, 0) is 4.74 Å². The van der Waals surface area contributed by atoms with Gasteiger partial charge in [0.25, 0.3) is 0 Å². The first-order valence-electron chi connectivity index (χ1n) is 5.81. The van der Waals surface area contributed by atoms with E-state index in [0.29, 0.717) is 6.10 Å². The third-order valence-corrected chi connectivity index (χ3v) is 3.46. The van der Waals surface area contributed by atoms with Gasteiger partial charge in [0.2, 0.25) is 0 Å². The summed E-state index contributed by atoms with van der Waals surface area (Å²) >= 11 is 3.47. The fourth-order valence-corrected chi connectivity index (χ4v) is 2.31. The molecule has 1 aromatic rings. The van der Waals surface area contributed by atoms with Crippen LogP contribution in [0.15, 0.2) is 22.9 Å². The Balaban J connectivity index is 1.73. The van der Waals surface area contributed by atoms with Crippen LogP contribution in [0.1, 0.15) is 25.7 Å². The van der Waals surface area contributed by atoms with Gasteiger partial charge in [-0.1, -0.05) is 0 Å². The molecule has 4 heteroatoms. The average Bonchev–Trinajstić information content (AvgIpc) is 2.33. The third kappa shape index (κ3) is 3.46. The van der Waals surface area contributed by atoms with Crippen molar-refractivity contribution >= 4 is 21.6 Å². The Labute approximate surface area is 105 Å². The third-order valence-electron chi connectivity index (χ3n) is 2.83. The van der Waals surface area contributed by atoms with Crippen LogP contribution in [-0.4, -0.2) is 24.2 Å². The molecule has 88 valence electrons. The zero-order valence-electron chi connectivity index (χ0n) is 9.29. The van der Waals surface area contributed by atoms with Crippen LogP contribution >= 0.6 is 15.9 Å². The smallest absolute Gasteiger partial charge is 0.0591 e. The first kappa shape index (κ1) is 11.9. The number of aromatic nitrogens is 1. The number of pyridine rings is 1. The van der Waals surface area contributed by atoms with Gasteiger partial charge in [0.15, 0.2) is 0 Å². The van der Waals surface area contributed by atoms with E-state index in [1.54, 1.807) is 12.4 Å². The molecule has 2 rings (SSSR count). The summed E-state index contributed by atoms with van der Waals surface area (Å²) in [5.74, 6) is 0. The SMILES string of the molecule is Brc1cnccc1NCCC1CCCCO1. The molecular formula is C12H17BrN2O. The lowest BCUT2D eigenvalue weighted by atomic mass is 10.1. The van der Waals surface area contributed by atoms with Crippen molar-refractivity contribution in [3.05, 3.63) is 22.9 Å². The van der Waals surface area contributed by atoms with Gasteiger partial charge in [-0.15, -0.1) is 0 Å². The predicted molar refractivity (Wildman–Crippen MR) is 68.6 cm³/mol. The second-order valence-electron chi connectivity index (χ2n) is 4.06. The van der Waals surface area contributed by atoms with Crippen LogP contribution in [0.3, 0.4) is 0 Å². The van der Waals surface area contributed by atoms with Crippen LogP contribution in [0.2, 0.25) is 0 Å². The number of hydrogen-bond donors (Lipinski definition) is 1. The van der Waals surface area contributed by atoms with Gasteiger partial charge in [0, 0.05) is 25.5 Å². The van der Waals surface area contributed by atoms with Crippen molar-refractivity contribution < 1.29 is 4.74 Å². The summed E-state index contributed by atoms with van der Waals surface area (Å²) < 4.78 is 6.70. The molecule has 0 aliphatic carbocycles. The molecule has 1 saturated heterocycles. The Kier molecular flexibility index (Phi) is 4.60. The van der Waals surface area contributed by atoms with Crippen molar-refractivity contribution in [3.63, 3.8) is 0 Å². The normalized spacial score (nSPS) is 20.7. The summed E-state index contributed by atoms with van der Waals surface area (Å²) in [5.41, 5.74) is 1.10. The van der Waals surface area contributed by atoms with E-state index in [2.05, 4.69) is 26.2 Å². The van der Waals surface area contributed by atoms with E-state index in [1.165, 1.54) is 19.3 Å². The largest absolute Gasteiger partial charge is 0.384 e. The molecule has 1 fully saturated rings. The van der Waals surface area contributed by atoms with E-state index in [0.717, 1.165) is 29.7 Å². The van der Waals surface area contributed by atoms with Gasteiger partial charge in [0.05, 0.1) is 16.3 Å². The summed E-state index contributed by atoms with van der Waals surface area (Å²) in [5, 5.41) is 3.39. The maximum atomic E-state index is 5.68. The van der Waals surface area contributed by atoms with E-state index in [-0.39, 0.29) is 0 Å². The summed E-state index contributed by atoms with van der Waals surface area (Å²) in [6.45, 7) is 1.89. The number of ether oxygens (including phenoxy) is 1. The fourth-order valence-electron chi connectivity index (χ4n) is 1.92. The van der Waals surface area contributed by atoms with E-state index in [4.69, 9.17) is 4.74 Å². The molecule has 0 bridgehead atoms. The molecule has 0 aromatic carbocycles. The number of halogens is 1. The Morgan fingerprint density at radius 1 is 1.50 bits per heavy atom. The molecule has 1 aliphatic rings. The second-order valence-corrected chi connectivity index (χ2v) is 4.91. The standard InChI is InChI=1S/C12H17BrN2O/c13-11-9-14-6-5-12(11)15-7-4-10-3-1-2-8-16-10/h5-6,9-10H,1-4,7-8H2,(H,14,15). The zero-order chi connectivity index (χ0) is 11.2. The first-order chi connectivity index (χ1) is 7.86. The topological polar surface area (TPSA) is 34.2 Å². The highest BCUT2D eigenvalue weighted by atomic mass is 79.9. The van der Waals surface area contributed by atoms with Gasteiger partial charge in [-0.2, -0.15) is 0 Å². The van der Waals surface area contributed by atoms with Crippen molar-refractivity contribution in [2.45, 2.75) is 31.8 Å². The molecule has 1 aliphatic heterocycles. The zero-order valence-corrected chi connectivity index (χ0v) is 10.9. The van der Waals surface area contributed by atoms with Crippen molar-refractivity contribution in [1.29, 1.82) is 0 Å². The number of anilines is 1. The quantitative estimate of drug-likeness (QED) is 0.922. The maximum Gasteiger partial charge on any atom is 0.0591 e. The van der Waals surface area contributed by atoms with E-state index >= 15 is 0 Å². The minimum absolute atomic E-state index is 0.446. The van der Waals surface area contributed by atoms with Crippen molar-refractivity contribution in [2.75, 3.05) is 18.5 Å². The van der Waals surface area contributed by atoms with Crippen LogP contribution in [0.5, 0.6) is 0 Å². The lowest BCUT2D eigenvalue weighted by Crippen LogP contribution is -2.22. The van der Waals surface area contributed by atoms with Gasteiger partial charge < -0.3 is 10.1 Å². The number of nitrogens with zero attached hydrogens (tertiary/aromatic N) is 1. The monoisotopic (exact) mass is 284 g/mol. The van der Waals surface area contributed by atoms with Gasteiger partial charge in [-0.3, -0.25) is 4.98 Å². The molecule has 1 N–H and O–H groups in total. The molecule has 0 saturated carbocycles. The minimum Gasteiger partial charge on any atom is -0.384 e. The molecule has 1 unspecified atom stereocenters. The highest BCUT2D eigenvalue weighted by molar-refractivity contribution is 9.10. The molecular weight excluding hydrogens is 268 g/mol. The molecule has 16 heavy (non-hydrogen) atoms. The summed E-state index contributed by atoms with van der Waals surface area (Å²) in [4.78, 5) is 4.03. The molecule has 0 spiro atoms. The lowest BCUT2D eigenvalue weighted by molar-refractivity contribution is 0.0134. The maximum absolute atomic E-state index is 5.68. The number of hydrogen-bond acceptors (Lipinski definition) is 3. The Morgan fingerprint density at radius 2 is 2.44 bits per heavy atom. The molecule has 1 atom stereocenters.